The van der Waals surface area contributed by atoms with E-state index in [1.807, 2.05) is 62.4 Å². The van der Waals surface area contributed by atoms with E-state index in [1.54, 1.807) is 0 Å². The molecule has 0 saturated carbocycles. The van der Waals surface area contributed by atoms with Crippen LogP contribution in [0.3, 0.4) is 0 Å². The Morgan fingerprint density at radius 3 is 2.50 bits per heavy atom. The van der Waals surface area contributed by atoms with E-state index < -0.39 is 0 Å². The monoisotopic (exact) mass is 271 g/mol. The molecule has 20 heavy (non-hydrogen) atoms. The summed E-state index contributed by atoms with van der Waals surface area (Å²) in [6.07, 6.45) is 0. The number of hydrogen-bond acceptors (Lipinski definition) is 3. The van der Waals surface area contributed by atoms with E-state index in [-0.39, 0.29) is 12.6 Å². The molecule has 0 saturated heterocycles. The number of para-hydroxylation sites is 2. The molecule has 1 atom stereocenters. The molecule has 0 fully saturated rings. The van der Waals surface area contributed by atoms with Crippen molar-refractivity contribution in [1.82, 2.24) is 0 Å². The first-order valence-electron chi connectivity index (χ1n) is 6.91. The van der Waals surface area contributed by atoms with Gasteiger partial charge in [-0.15, -0.1) is 0 Å². The molecule has 106 valence electrons. The van der Waals surface area contributed by atoms with Crippen LogP contribution in [0, 0.1) is 6.92 Å². The molecule has 0 aromatic heterocycles. The topological polar surface area (TPSA) is 41.5 Å². The van der Waals surface area contributed by atoms with Gasteiger partial charge in [0.15, 0.2) is 0 Å². The summed E-state index contributed by atoms with van der Waals surface area (Å²) < 4.78 is 5.64. The van der Waals surface area contributed by atoms with E-state index >= 15 is 0 Å². The first-order chi connectivity index (χ1) is 9.76. The summed E-state index contributed by atoms with van der Waals surface area (Å²) >= 11 is 0. The summed E-state index contributed by atoms with van der Waals surface area (Å²) in [6, 6.07) is 15.7. The van der Waals surface area contributed by atoms with Crippen LogP contribution >= 0.6 is 0 Å². The maximum absolute atomic E-state index is 9.71. The largest absolute Gasteiger partial charge is 0.494 e. The quantitative estimate of drug-likeness (QED) is 0.844. The number of nitrogens with one attached hydrogen (secondary N) is 1. The van der Waals surface area contributed by atoms with Gasteiger partial charge >= 0.3 is 0 Å². The molecule has 0 aliphatic heterocycles. The van der Waals surface area contributed by atoms with Gasteiger partial charge in [-0.2, -0.15) is 0 Å². The Hall–Kier alpha value is -2.00. The number of aryl methyl sites for hydroxylation is 1. The average molecular weight is 271 g/mol. The number of aliphatic hydroxyl groups is 1. The Bertz CT molecular complexity index is 554. The van der Waals surface area contributed by atoms with Gasteiger partial charge < -0.3 is 15.2 Å². The third kappa shape index (κ3) is 3.31. The Morgan fingerprint density at radius 2 is 1.80 bits per heavy atom. The second-order valence-electron chi connectivity index (χ2n) is 4.67. The maximum Gasteiger partial charge on any atom is 0.124 e. The van der Waals surface area contributed by atoms with Gasteiger partial charge in [0, 0.05) is 11.3 Å². The molecule has 3 nitrogen and oxygen atoms in total. The molecule has 0 aliphatic carbocycles. The highest BCUT2D eigenvalue weighted by molar-refractivity contribution is 5.53. The standard InChI is InChI=1S/C17H21NO2/c1-3-20-17-11-7-5-9-14(17)16(12-19)18-15-10-6-4-8-13(15)2/h4-11,16,18-19H,3,12H2,1-2H3. The van der Waals surface area contributed by atoms with E-state index in [0.717, 1.165) is 22.6 Å². The van der Waals surface area contributed by atoms with Gasteiger partial charge in [0.05, 0.1) is 19.3 Å². The van der Waals surface area contributed by atoms with Crippen molar-refractivity contribution in [3.05, 3.63) is 59.7 Å². The Kier molecular flexibility index (Phi) is 5.02. The molecule has 0 heterocycles. The van der Waals surface area contributed by atoms with Gasteiger partial charge in [-0.3, -0.25) is 0 Å². The van der Waals surface area contributed by atoms with Crippen molar-refractivity contribution in [2.24, 2.45) is 0 Å². The Labute approximate surface area is 120 Å². The van der Waals surface area contributed by atoms with Crippen molar-refractivity contribution in [2.75, 3.05) is 18.5 Å². The van der Waals surface area contributed by atoms with Crippen molar-refractivity contribution in [3.8, 4) is 5.75 Å². The number of ether oxygens (including phenoxy) is 1. The molecule has 2 aromatic carbocycles. The van der Waals surface area contributed by atoms with Crippen molar-refractivity contribution >= 4 is 5.69 Å². The van der Waals surface area contributed by atoms with Crippen LogP contribution in [0.2, 0.25) is 0 Å². The van der Waals surface area contributed by atoms with Crippen LogP contribution in [0.5, 0.6) is 5.75 Å². The molecular weight excluding hydrogens is 250 g/mol. The molecule has 0 spiro atoms. The van der Waals surface area contributed by atoms with E-state index in [4.69, 9.17) is 4.74 Å². The van der Waals surface area contributed by atoms with Gasteiger partial charge in [0.1, 0.15) is 5.75 Å². The zero-order chi connectivity index (χ0) is 14.4. The lowest BCUT2D eigenvalue weighted by Crippen LogP contribution is -2.16. The minimum Gasteiger partial charge on any atom is -0.494 e. The Morgan fingerprint density at radius 1 is 1.10 bits per heavy atom. The number of benzene rings is 2. The van der Waals surface area contributed by atoms with Gasteiger partial charge in [-0.25, -0.2) is 0 Å². The fraction of sp³-hybridized carbons (Fsp3) is 0.294. The van der Waals surface area contributed by atoms with E-state index in [2.05, 4.69) is 5.32 Å². The number of rotatable bonds is 6. The Balaban J connectivity index is 2.27. The highest BCUT2D eigenvalue weighted by Crippen LogP contribution is 2.28. The summed E-state index contributed by atoms with van der Waals surface area (Å²) in [5.41, 5.74) is 3.15. The summed E-state index contributed by atoms with van der Waals surface area (Å²) in [7, 11) is 0. The van der Waals surface area contributed by atoms with Gasteiger partial charge in [0.2, 0.25) is 0 Å². The first kappa shape index (κ1) is 14.4. The first-order valence-corrected chi connectivity index (χ1v) is 6.91. The molecule has 1 unspecified atom stereocenters. The molecule has 2 aromatic rings. The minimum atomic E-state index is -0.182. The highest BCUT2D eigenvalue weighted by Gasteiger charge is 2.15. The van der Waals surface area contributed by atoms with Crippen LogP contribution in [0.15, 0.2) is 48.5 Å². The van der Waals surface area contributed by atoms with Crippen molar-refractivity contribution in [2.45, 2.75) is 19.9 Å². The summed E-state index contributed by atoms with van der Waals surface area (Å²) in [5, 5.41) is 13.1. The number of anilines is 1. The van der Waals surface area contributed by atoms with Crippen LogP contribution in [0.4, 0.5) is 5.69 Å². The fourth-order valence-corrected chi connectivity index (χ4v) is 2.20. The zero-order valence-corrected chi connectivity index (χ0v) is 12.0. The average Bonchev–Trinajstić information content (AvgIpc) is 2.48. The lowest BCUT2D eigenvalue weighted by atomic mass is 10.1. The van der Waals surface area contributed by atoms with Crippen LogP contribution in [0.25, 0.3) is 0 Å². The lowest BCUT2D eigenvalue weighted by molar-refractivity contribution is 0.270. The van der Waals surface area contributed by atoms with E-state index in [9.17, 15) is 5.11 Å². The summed E-state index contributed by atoms with van der Waals surface area (Å²) in [5.74, 6) is 0.815. The minimum absolute atomic E-state index is 0.0123. The fourth-order valence-electron chi connectivity index (χ4n) is 2.20. The zero-order valence-electron chi connectivity index (χ0n) is 12.0. The molecule has 0 radical (unpaired) electrons. The number of aliphatic hydroxyl groups excluding tert-OH is 1. The summed E-state index contributed by atoms with van der Waals surface area (Å²) in [6.45, 7) is 4.63. The van der Waals surface area contributed by atoms with Crippen LogP contribution < -0.4 is 10.1 Å². The van der Waals surface area contributed by atoms with Crippen molar-refractivity contribution in [1.29, 1.82) is 0 Å². The van der Waals surface area contributed by atoms with E-state index in [1.165, 1.54) is 0 Å². The lowest BCUT2D eigenvalue weighted by Gasteiger charge is -2.21. The van der Waals surface area contributed by atoms with Crippen molar-refractivity contribution < 1.29 is 9.84 Å². The maximum atomic E-state index is 9.71. The highest BCUT2D eigenvalue weighted by atomic mass is 16.5. The number of hydrogen-bond donors (Lipinski definition) is 2. The second kappa shape index (κ2) is 6.96. The predicted octanol–water partition coefficient (Wildman–Crippen LogP) is 3.54. The van der Waals surface area contributed by atoms with E-state index in [0.29, 0.717) is 6.61 Å². The molecular formula is C17H21NO2. The molecule has 3 heteroatoms. The van der Waals surface area contributed by atoms with Crippen molar-refractivity contribution in [3.63, 3.8) is 0 Å². The molecule has 0 bridgehead atoms. The molecule has 0 amide bonds. The van der Waals surface area contributed by atoms with Gasteiger partial charge in [-0.1, -0.05) is 36.4 Å². The summed E-state index contributed by atoms with van der Waals surface area (Å²) in [4.78, 5) is 0. The normalized spacial score (nSPS) is 11.9. The molecule has 2 N–H and O–H groups in total. The van der Waals surface area contributed by atoms with Gasteiger partial charge in [0.25, 0.3) is 0 Å². The van der Waals surface area contributed by atoms with Crippen LogP contribution in [-0.2, 0) is 0 Å². The molecule has 0 aliphatic rings. The molecule has 2 rings (SSSR count). The third-order valence-electron chi connectivity index (χ3n) is 3.25. The predicted molar refractivity (Wildman–Crippen MR) is 82.2 cm³/mol. The van der Waals surface area contributed by atoms with Crippen LogP contribution in [-0.4, -0.2) is 18.3 Å². The third-order valence-corrected chi connectivity index (χ3v) is 3.25. The SMILES string of the molecule is CCOc1ccccc1C(CO)Nc1ccccc1C. The van der Waals surface area contributed by atoms with Crippen LogP contribution in [0.1, 0.15) is 24.1 Å². The van der Waals surface area contributed by atoms with Gasteiger partial charge in [-0.05, 0) is 31.5 Å². The second-order valence-corrected chi connectivity index (χ2v) is 4.67. The smallest absolute Gasteiger partial charge is 0.124 e.